The third kappa shape index (κ3) is 12.7. The van der Waals surface area contributed by atoms with Crippen LogP contribution in [0.5, 0.6) is 0 Å². The van der Waals surface area contributed by atoms with Crippen LogP contribution < -0.4 is 21.3 Å². The maximum atomic E-state index is 3.81. The molecule has 0 amide bonds. The third-order valence-corrected chi connectivity index (χ3v) is 9.31. The van der Waals surface area contributed by atoms with E-state index in [1.54, 1.807) is 0 Å². The molecule has 46 heavy (non-hydrogen) atoms. The lowest BCUT2D eigenvalue weighted by atomic mass is 9.88. The first-order valence-electron chi connectivity index (χ1n) is 16.9. The molecule has 0 bridgehead atoms. The van der Waals surface area contributed by atoms with Crippen LogP contribution in [0.25, 0.3) is 0 Å². The first-order chi connectivity index (χ1) is 21.7. The molecular formula is C40H54Br2N4. The Hall–Kier alpha value is -2.32. The number of hydrogen-bond donors (Lipinski definition) is 4. The Kier molecular flexibility index (Phi) is 17.3. The first-order valence-corrected chi connectivity index (χ1v) is 16.9. The maximum absolute atomic E-state index is 3.81. The summed E-state index contributed by atoms with van der Waals surface area (Å²) in [6.45, 7) is 3.73. The van der Waals surface area contributed by atoms with Gasteiger partial charge in [0.1, 0.15) is 0 Å². The van der Waals surface area contributed by atoms with Crippen LogP contribution in [0.1, 0.15) is 86.5 Å². The summed E-state index contributed by atoms with van der Waals surface area (Å²) in [6.07, 6.45) is 12.8. The number of halogens is 2. The molecule has 248 valence electrons. The van der Waals surface area contributed by atoms with Gasteiger partial charge >= 0.3 is 0 Å². The van der Waals surface area contributed by atoms with Crippen molar-refractivity contribution in [2.24, 2.45) is 0 Å². The number of rotatable bonds is 12. The van der Waals surface area contributed by atoms with Crippen molar-refractivity contribution in [2.75, 3.05) is 0 Å². The first kappa shape index (κ1) is 38.1. The van der Waals surface area contributed by atoms with Gasteiger partial charge in [-0.2, -0.15) is 0 Å². The molecule has 2 aliphatic rings. The highest BCUT2D eigenvalue weighted by molar-refractivity contribution is 8.93. The standard InChI is InChI=1S/2C20H26N2.2BrH/c2*1-4-10-18(11-5-1)16-21-20(14-8-3-9-15-20)22-17-19-12-6-2-7-13-19;;/h2*1-2,4-7,10-13,21-22H,3,8-9,14-17H2;2*1H. The molecule has 0 aliphatic heterocycles. The smallest absolute Gasteiger partial charge is 0.0692 e. The summed E-state index contributed by atoms with van der Waals surface area (Å²) in [6, 6.07) is 42.8. The van der Waals surface area contributed by atoms with Crippen molar-refractivity contribution in [3.8, 4) is 0 Å². The topological polar surface area (TPSA) is 48.1 Å². The van der Waals surface area contributed by atoms with E-state index < -0.39 is 0 Å². The van der Waals surface area contributed by atoms with Crippen LogP contribution in [0.2, 0.25) is 0 Å². The molecule has 2 aliphatic carbocycles. The molecule has 4 N–H and O–H groups in total. The fourth-order valence-corrected chi connectivity index (χ4v) is 6.61. The zero-order valence-corrected chi connectivity index (χ0v) is 30.7. The maximum Gasteiger partial charge on any atom is 0.0692 e. The van der Waals surface area contributed by atoms with Crippen molar-refractivity contribution in [1.29, 1.82) is 0 Å². The zero-order chi connectivity index (χ0) is 30.2. The Labute approximate surface area is 299 Å². The van der Waals surface area contributed by atoms with Gasteiger partial charge < -0.3 is 0 Å². The molecule has 4 aromatic rings. The third-order valence-electron chi connectivity index (χ3n) is 9.31. The highest BCUT2D eigenvalue weighted by Crippen LogP contribution is 2.28. The molecular weight excluding hydrogens is 696 g/mol. The van der Waals surface area contributed by atoms with Crippen LogP contribution in [0.4, 0.5) is 0 Å². The van der Waals surface area contributed by atoms with Gasteiger partial charge in [0.15, 0.2) is 0 Å². The minimum Gasteiger partial charge on any atom is -0.295 e. The van der Waals surface area contributed by atoms with Crippen molar-refractivity contribution in [2.45, 2.75) is 102 Å². The fourth-order valence-electron chi connectivity index (χ4n) is 6.61. The number of benzene rings is 4. The van der Waals surface area contributed by atoms with Gasteiger partial charge in [-0.1, -0.05) is 160 Å². The molecule has 0 spiro atoms. The Balaban J connectivity index is 0.000000240. The van der Waals surface area contributed by atoms with E-state index in [2.05, 4.69) is 143 Å². The molecule has 2 fully saturated rings. The molecule has 2 saturated carbocycles. The Morgan fingerprint density at radius 1 is 0.326 bits per heavy atom. The van der Waals surface area contributed by atoms with Gasteiger partial charge in [-0.15, -0.1) is 34.0 Å². The monoisotopic (exact) mass is 748 g/mol. The molecule has 0 radical (unpaired) electrons. The summed E-state index contributed by atoms with van der Waals surface area (Å²) >= 11 is 0. The van der Waals surface area contributed by atoms with Crippen LogP contribution >= 0.6 is 34.0 Å². The fraction of sp³-hybridized carbons (Fsp3) is 0.400. The highest BCUT2D eigenvalue weighted by atomic mass is 79.9. The quantitative estimate of drug-likeness (QED) is 0.109. The molecule has 6 heteroatoms. The highest BCUT2D eigenvalue weighted by Gasteiger charge is 2.31. The lowest BCUT2D eigenvalue weighted by molar-refractivity contribution is 0.176. The summed E-state index contributed by atoms with van der Waals surface area (Å²) in [5.41, 5.74) is 5.60. The predicted molar refractivity (Wildman–Crippen MR) is 205 cm³/mol. The van der Waals surface area contributed by atoms with Crippen molar-refractivity contribution in [3.63, 3.8) is 0 Å². The van der Waals surface area contributed by atoms with Gasteiger partial charge in [0.25, 0.3) is 0 Å². The van der Waals surface area contributed by atoms with Crippen LogP contribution in [-0.2, 0) is 26.2 Å². The van der Waals surface area contributed by atoms with E-state index in [0.717, 1.165) is 26.2 Å². The molecule has 0 heterocycles. The lowest BCUT2D eigenvalue weighted by Crippen LogP contribution is -2.57. The van der Waals surface area contributed by atoms with E-state index in [-0.39, 0.29) is 45.3 Å². The van der Waals surface area contributed by atoms with Gasteiger partial charge in [0, 0.05) is 26.2 Å². The number of hydrogen-bond acceptors (Lipinski definition) is 4. The Morgan fingerprint density at radius 3 is 0.761 bits per heavy atom. The van der Waals surface area contributed by atoms with Gasteiger partial charge in [0.2, 0.25) is 0 Å². The van der Waals surface area contributed by atoms with Gasteiger partial charge in [-0.3, -0.25) is 21.3 Å². The van der Waals surface area contributed by atoms with Crippen molar-refractivity contribution in [1.82, 2.24) is 21.3 Å². The average molecular weight is 751 g/mol. The molecule has 0 aromatic heterocycles. The van der Waals surface area contributed by atoms with Gasteiger partial charge in [-0.05, 0) is 47.9 Å². The van der Waals surface area contributed by atoms with Crippen LogP contribution in [-0.4, -0.2) is 11.3 Å². The molecule has 0 unspecified atom stereocenters. The van der Waals surface area contributed by atoms with Crippen LogP contribution in [0.3, 0.4) is 0 Å². The molecule has 4 aromatic carbocycles. The van der Waals surface area contributed by atoms with E-state index in [4.69, 9.17) is 0 Å². The predicted octanol–water partition coefficient (Wildman–Crippen LogP) is 9.61. The SMILES string of the molecule is Br.Br.c1ccc(CNC2(NCc3ccccc3)CCCCC2)cc1.c1ccc(CNC2(NCc3ccccc3)CCCCC2)cc1. The van der Waals surface area contributed by atoms with Gasteiger partial charge in [0.05, 0.1) is 11.3 Å². The lowest BCUT2D eigenvalue weighted by Gasteiger charge is -2.39. The second-order valence-electron chi connectivity index (χ2n) is 12.6. The molecule has 0 saturated heterocycles. The average Bonchev–Trinajstić information content (AvgIpc) is 3.11. The summed E-state index contributed by atoms with van der Waals surface area (Å²) in [7, 11) is 0. The molecule has 6 rings (SSSR count). The summed E-state index contributed by atoms with van der Waals surface area (Å²) < 4.78 is 0. The van der Waals surface area contributed by atoms with E-state index >= 15 is 0 Å². The second kappa shape index (κ2) is 20.8. The van der Waals surface area contributed by atoms with E-state index in [1.807, 2.05) is 0 Å². The Morgan fingerprint density at radius 2 is 0.543 bits per heavy atom. The summed E-state index contributed by atoms with van der Waals surface area (Å²) in [5, 5.41) is 15.2. The molecule has 0 atom stereocenters. The van der Waals surface area contributed by atoms with Crippen molar-refractivity contribution >= 4 is 34.0 Å². The van der Waals surface area contributed by atoms with Crippen LogP contribution in [0.15, 0.2) is 121 Å². The van der Waals surface area contributed by atoms with E-state index in [9.17, 15) is 0 Å². The summed E-state index contributed by atoms with van der Waals surface area (Å²) in [4.78, 5) is 0. The van der Waals surface area contributed by atoms with Gasteiger partial charge in [-0.25, -0.2) is 0 Å². The van der Waals surface area contributed by atoms with E-state index in [1.165, 1.54) is 86.5 Å². The minimum atomic E-state index is 0. The summed E-state index contributed by atoms with van der Waals surface area (Å²) in [5.74, 6) is 0. The van der Waals surface area contributed by atoms with Crippen LogP contribution in [0, 0.1) is 0 Å². The largest absolute Gasteiger partial charge is 0.295 e. The van der Waals surface area contributed by atoms with E-state index in [0.29, 0.717) is 0 Å². The van der Waals surface area contributed by atoms with Crippen molar-refractivity contribution in [3.05, 3.63) is 144 Å². The second-order valence-corrected chi connectivity index (χ2v) is 12.6. The molecule has 4 nitrogen and oxygen atoms in total. The number of nitrogens with one attached hydrogen (secondary N) is 4. The Bertz CT molecular complexity index is 1110. The normalized spacial score (nSPS) is 16.5. The minimum absolute atomic E-state index is 0. The zero-order valence-electron chi connectivity index (χ0n) is 27.3. The van der Waals surface area contributed by atoms with Crippen molar-refractivity contribution < 1.29 is 0 Å².